The molecule has 1 saturated heterocycles. The standard InChI is InChI=1S/C38H68O2S/c1-3-5-7-9-11-13-15-17-19-21-23-25-27-29-31-33-38(35-36(39)40-37(38)41)34-32-30-28-26-24-22-20-18-16-14-12-10-8-6-4-2/h31-34H,3-30,35H2,1-2H3. The predicted molar refractivity (Wildman–Crippen MR) is 185 cm³/mol. The van der Waals surface area contributed by atoms with Crippen LogP contribution in [0.15, 0.2) is 24.3 Å². The highest BCUT2D eigenvalue weighted by atomic mass is 32.1. The molecule has 1 rings (SSSR count). The summed E-state index contributed by atoms with van der Waals surface area (Å²) in [7, 11) is 0. The van der Waals surface area contributed by atoms with E-state index in [0.29, 0.717) is 11.5 Å². The van der Waals surface area contributed by atoms with Gasteiger partial charge in [-0.2, -0.15) is 0 Å². The molecule has 1 heterocycles. The van der Waals surface area contributed by atoms with Crippen LogP contribution in [0.25, 0.3) is 0 Å². The van der Waals surface area contributed by atoms with Crippen molar-refractivity contribution in [3.63, 3.8) is 0 Å². The maximum atomic E-state index is 12.0. The fourth-order valence-electron chi connectivity index (χ4n) is 6.00. The van der Waals surface area contributed by atoms with Gasteiger partial charge >= 0.3 is 5.97 Å². The summed E-state index contributed by atoms with van der Waals surface area (Å²) in [6.07, 6.45) is 47.1. The normalized spacial score (nSPS) is 17.4. The number of carbonyl (C=O) groups excluding carboxylic acids is 1. The van der Waals surface area contributed by atoms with Crippen LogP contribution in [-0.2, 0) is 9.53 Å². The number of unbranched alkanes of at least 4 members (excludes halogenated alkanes) is 26. The predicted octanol–water partition coefficient (Wildman–Crippen LogP) is 13.3. The molecule has 1 fully saturated rings. The van der Waals surface area contributed by atoms with Gasteiger partial charge in [0, 0.05) is 0 Å². The molecule has 0 amide bonds. The smallest absolute Gasteiger partial charge is 0.313 e. The number of esters is 1. The van der Waals surface area contributed by atoms with Crippen molar-refractivity contribution in [3.05, 3.63) is 24.3 Å². The third-order valence-corrected chi connectivity index (χ3v) is 9.27. The number of rotatable bonds is 30. The highest BCUT2D eigenvalue weighted by Crippen LogP contribution is 2.36. The Hall–Kier alpha value is -0.960. The number of thiocarbonyl (C=S) groups is 1. The summed E-state index contributed by atoms with van der Waals surface area (Å²) in [5, 5.41) is 0.436. The van der Waals surface area contributed by atoms with E-state index < -0.39 is 5.41 Å². The van der Waals surface area contributed by atoms with Crippen molar-refractivity contribution in [2.24, 2.45) is 5.41 Å². The molecule has 1 aliphatic rings. The summed E-state index contributed by atoms with van der Waals surface area (Å²) in [5.41, 5.74) is -0.501. The van der Waals surface area contributed by atoms with E-state index in [9.17, 15) is 4.79 Å². The molecule has 0 unspecified atom stereocenters. The molecule has 0 saturated carbocycles. The zero-order chi connectivity index (χ0) is 29.7. The minimum Gasteiger partial charge on any atom is -0.418 e. The molecule has 41 heavy (non-hydrogen) atoms. The van der Waals surface area contributed by atoms with Crippen LogP contribution < -0.4 is 0 Å². The third kappa shape index (κ3) is 21.4. The topological polar surface area (TPSA) is 26.3 Å². The highest BCUT2D eigenvalue weighted by molar-refractivity contribution is 7.80. The molecule has 0 N–H and O–H groups in total. The van der Waals surface area contributed by atoms with Gasteiger partial charge in [0.15, 0.2) is 5.05 Å². The molecule has 2 nitrogen and oxygen atoms in total. The first kappa shape index (κ1) is 38.1. The summed E-state index contributed by atoms with van der Waals surface area (Å²) in [6.45, 7) is 4.57. The van der Waals surface area contributed by atoms with Crippen LogP contribution in [0.3, 0.4) is 0 Å². The molecule has 0 atom stereocenters. The molecule has 0 bridgehead atoms. The van der Waals surface area contributed by atoms with E-state index in [1.54, 1.807) is 0 Å². The van der Waals surface area contributed by atoms with Gasteiger partial charge in [-0.1, -0.05) is 192 Å². The van der Waals surface area contributed by atoms with Crippen LogP contribution in [0.1, 0.15) is 200 Å². The van der Waals surface area contributed by atoms with Gasteiger partial charge in [-0.15, -0.1) is 0 Å². The Morgan fingerprint density at radius 3 is 1.10 bits per heavy atom. The first-order chi connectivity index (χ1) is 20.1. The summed E-state index contributed by atoms with van der Waals surface area (Å²) < 4.78 is 5.32. The van der Waals surface area contributed by atoms with Crippen molar-refractivity contribution in [3.8, 4) is 0 Å². The van der Waals surface area contributed by atoms with E-state index in [0.717, 1.165) is 12.8 Å². The van der Waals surface area contributed by atoms with Gasteiger partial charge in [0.05, 0.1) is 11.8 Å². The maximum absolute atomic E-state index is 12.0. The Kier molecular flexibility index (Phi) is 25.9. The van der Waals surface area contributed by atoms with E-state index in [2.05, 4.69) is 38.2 Å². The van der Waals surface area contributed by atoms with E-state index >= 15 is 0 Å². The van der Waals surface area contributed by atoms with Crippen LogP contribution in [-0.4, -0.2) is 11.0 Å². The Bertz CT molecular complexity index is 640. The Morgan fingerprint density at radius 2 is 0.829 bits per heavy atom. The largest absolute Gasteiger partial charge is 0.418 e. The monoisotopic (exact) mass is 588 g/mol. The van der Waals surface area contributed by atoms with Crippen LogP contribution in [0.2, 0.25) is 0 Å². The summed E-state index contributed by atoms with van der Waals surface area (Å²) in [6, 6.07) is 0. The van der Waals surface area contributed by atoms with Crippen molar-refractivity contribution in [1.29, 1.82) is 0 Å². The first-order valence-electron chi connectivity index (χ1n) is 18.2. The second-order valence-corrected chi connectivity index (χ2v) is 13.2. The molecule has 0 aromatic carbocycles. The molecule has 0 aromatic heterocycles. The summed E-state index contributed by atoms with van der Waals surface area (Å²) >= 11 is 5.49. The molecular weight excluding hydrogens is 520 g/mol. The summed E-state index contributed by atoms with van der Waals surface area (Å²) in [4.78, 5) is 12.0. The van der Waals surface area contributed by atoms with Crippen LogP contribution in [0.4, 0.5) is 0 Å². The van der Waals surface area contributed by atoms with Crippen molar-refractivity contribution in [1.82, 2.24) is 0 Å². The van der Waals surface area contributed by atoms with Gasteiger partial charge in [0.1, 0.15) is 0 Å². The molecule has 1 aliphatic heterocycles. The van der Waals surface area contributed by atoms with Crippen molar-refractivity contribution in [2.75, 3.05) is 0 Å². The fraction of sp³-hybridized carbons (Fsp3) is 0.842. The van der Waals surface area contributed by atoms with Gasteiger partial charge in [-0.05, 0) is 37.9 Å². The van der Waals surface area contributed by atoms with E-state index in [1.807, 2.05) is 0 Å². The Morgan fingerprint density at radius 1 is 0.537 bits per heavy atom. The number of hydrogen-bond acceptors (Lipinski definition) is 3. The van der Waals surface area contributed by atoms with Crippen LogP contribution in [0, 0.1) is 5.41 Å². The lowest BCUT2D eigenvalue weighted by Crippen LogP contribution is -2.19. The van der Waals surface area contributed by atoms with Crippen LogP contribution >= 0.6 is 12.2 Å². The highest BCUT2D eigenvalue weighted by Gasteiger charge is 2.41. The molecule has 0 aromatic rings. The lowest BCUT2D eigenvalue weighted by Gasteiger charge is -2.17. The van der Waals surface area contributed by atoms with E-state index in [1.165, 1.54) is 167 Å². The Labute approximate surface area is 261 Å². The maximum Gasteiger partial charge on any atom is 0.313 e. The number of carbonyl (C=O) groups is 1. The second-order valence-electron chi connectivity index (χ2n) is 12.8. The van der Waals surface area contributed by atoms with E-state index in [4.69, 9.17) is 17.0 Å². The average Bonchev–Trinajstić information content (AvgIpc) is 3.25. The fourth-order valence-corrected chi connectivity index (χ4v) is 6.30. The third-order valence-electron chi connectivity index (χ3n) is 8.80. The quantitative estimate of drug-likeness (QED) is 0.0361. The van der Waals surface area contributed by atoms with Crippen molar-refractivity contribution >= 4 is 23.2 Å². The number of allylic oxidation sites excluding steroid dienone is 2. The molecule has 3 heteroatoms. The van der Waals surface area contributed by atoms with Gasteiger partial charge in [-0.25, -0.2) is 0 Å². The minimum absolute atomic E-state index is 0.189. The van der Waals surface area contributed by atoms with Gasteiger partial charge in [-0.3, -0.25) is 4.79 Å². The average molecular weight is 589 g/mol. The number of ether oxygens (including phenoxy) is 1. The van der Waals surface area contributed by atoms with Gasteiger partial charge in [0.25, 0.3) is 0 Å². The lowest BCUT2D eigenvalue weighted by atomic mass is 9.85. The molecular formula is C38H68O2S. The minimum atomic E-state index is -0.501. The zero-order valence-electron chi connectivity index (χ0n) is 27.5. The molecule has 0 radical (unpaired) electrons. The van der Waals surface area contributed by atoms with Gasteiger partial charge < -0.3 is 4.74 Å². The lowest BCUT2D eigenvalue weighted by molar-refractivity contribution is -0.133. The van der Waals surface area contributed by atoms with E-state index in [-0.39, 0.29) is 5.97 Å². The Balaban J connectivity index is 2.09. The van der Waals surface area contributed by atoms with Gasteiger partial charge in [0.2, 0.25) is 0 Å². The zero-order valence-corrected chi connectivity index (χ0v) is 28.4. The summed E-state index contributed by atoms with van der Waals surface area (Å²) in [5.74, 6) is -0.189. The molecule has 0 spiro atoms. The number of cyclic esters (lactones) is 1. The number of hydrogen-bond donors (Lipinski definition) is 0. The SMILES string of the molecule is CCCCCCCCCCCCCCCC=CC1(C=CCCCCCCCCCCCCCCC)CC(=O)OC1=S. The molecule has 0 aliphatic carbocycles. The second kappa shape index (κ2) is 27.8. The van der Waals surface area contributed by atoms with Crippen molar-refractivity contribution in [2.45, 2.75) is 200 Å². The van der Waals surface area contributed by atoms with Crippen LogP contribution in [0.5, 0.6) is 0 Å². The van der Waals surface area contributed by atoms with Crippen molar-refractivity contribution < 1.29 is 9.53 Å². The molecule has 238 valence electrons. The first-order valence-corrected chi connectivity index (χ1v) is 18.7.